The Morgan fingerprint density at radius 1 is 1.11 bits per heavy atom. The Morgan fingerprint density at radius 3 is 2.42 bits per heavy atom. The van der Waals surface area contributed by atoms with Gasteiger partial charge in [0.25, 0.3) is 0 Å². The number of rotatable bonds is 3. The standard InChI is InChI=1S/C16H18BrNO/c1-16(2,3)14-9-13(17)10-15(18-14)19-11-12-7-5-4-6-8-12/h4-10H,11H2,1-3H3. The molecule has 2 nitrogen and oxygen atoms in total. The van der Waals surface area contributed by atoms with Crippen LogP contribution in [0.3, 0.4) is 0 Å². The van der Waals surface area contributed by atoms with Gasteiger partial charge in [0, 0.05) is 16.0 Å². The number of ether oxygens (including phenoxy) is 1. The van der Waals surface area contributed by atoms with Gasteiger partial charge in [0.15, 0.2) is 0 Å². The molecule has 0 bridgehead atoms. The fourth-order valence-electron chi connectivity index (χ4n) is 1.66. The molecule has 2 rings (SSSR count). The van der Waals surface area contributed by atoms with Crippen molar-refractivity contribution in [2.45, 2.75) is 32.8 Å². The van der Waals surface area contributed by atoms with Crippen molar-refractivity contribution in [3.8, 4) is 5.88 Å². The average molecular weight is 320 g/mol. The molecule has 1 heterocycles. The van der Waals surface area contributed by atoms with Crippen LogP contribution < -0.4 is 4.74 Å². The molecule has 0 fully saturated rings. The Kier molecular flexibility index (Phi) is 4.25. The maximum absolute atomic E-state index is 5.77. The van der Waals surface area contributed by atoms with Crippen LogP contribution in [-0.2, 0) is 12.0 Å². The topological polar surface area (TPSA) is 22.1 Å². The lowest BCUT2D eigenvalue weighted by atomic mass is 9.92. The highest BCUT2D eigenvalue weighted by atomic mass is 79.9. The first-order valence-electron chi connectivity index (χ1n) is 6.30. The van der Waals surface area contributed by atoms with Gasteiger partial charge in [0.1, 0.15) is 6.61 Å². The zero-order chi connectivity index (χ0) is 13.9. The molecule has 2 aromatic rings. The Balaban J connectivity index is 2.15. The second kappa shape index (κ2) is 5.74. The van der Waals surface area contributed by atoms with Crippen LogP contribution in [0.4, 0.5) is 0 Å². The predicted molar refractivity (Wildman–Crippen MR) is 81.4 cm³/mol. The van der Waals surface area contributed by atoms with Crippen molar-refractivity contribution < 1.29 is 4.74 Å². The van der Waals surface area contributed by atoms with Gasteiger partial charge in [-0.2, -0.15) is 0 Å². The molecule has 0 aliphatic rings. The molecule has 1 aromatic heterocycles. The van der Waals surface area contributed by atoms with E-state index in [1.54, 1.807) is 0 Å². The fourth-order valence-corrected chi connectivity index (χ4v) is 2.08. The van der Waals surface area contributed by atoms with E-state index in [-0.39, 0.29) is 5.41 Å². The maximum atomic E-state index is 5.77. The summed E-state index contributed by atoms with van der Waals surface area (Å²) < 4.78 is 6.76. The number of halogens is 1. The molecule has 19 heavy (non-hydrogen) atoms. The van der Waals surface area contributed by atoms with Crippen LogP contribution in [0.5, 0.6) is 5.88 Å². The van der Waals surface area contributed by atoms with Crippen LogP contribution in [-0.4, -0.2) is 4.98 Å². The molecule has 0 aliphatic carbocycles. The summed E-state index contributed by atoms with van der Waals surface area (Å²) in [5, 5.41) is 0. The molecular formula is C16H18BrNO. The molecule has 100 valence electrons. The number of nitrogens with zero attached hydrogens (tertiary/aromatic N) is 1. The van der Waals surface area contributed by atoms with Crippen molar-refractivity contribution in [2.75, 3.05) is 0 Å². The second-order valence-electron chi connectivity index (χ2n) is 5.53. The molecule has 0 atom stereocenters. The normalized spacial score (nSPS) is 11.4. The summed E-state index contributed by atoms with van der Waals surface area (Å²) in [7, 11) is 0. The Labute approximate surface area is 123 Å². The van der Waals surface area contributed by atoms with Crippen LogP contribution >= 0.6 is 15.9 Å². The molecule has 0 N–H and O–H groups in total. The van der Waals surface area contributed by atoms with Crippen molar-refractivity contribution in [3.63, 3.8) is 0 Å². The lowest BCUT2D eigenvalue weighted by Gasteiger charge is -2.19. The Morgan fingerprint density at radius 2 is 1.79 bits per heavy atom. The first kappa shape index (κ1) is 14.1. The highest BCUT2D eigenvalue weighted by Crippen LogP contribution is 2.26. The summed E-state index contributed by atoms with van der Waals surface area (Å²) in [5.41, 5.74) is 2.17. The smallest absolute Gasteiger partial charge is 0.214 e. The fraction of sp³-hybridized carbons (Fsp3) is 0.312. The van der Waals surface area contributed by atoms with Crippen LogP contribution in [0.1, 0.15) is 32.0 Å². The molecule has 1 aromatic carbocycles. The van der Waals surface area contributed by atoms with Crippen molar-refractivity contribution in [1.29, 1.82) is 0 Å². The predicted octanol–water partition coefficient (Wildman–Crippen LogP) is 4.72. The van der Waals surface area contributed by atoms with Crippen molar-refractivity contribution >= 4 is 15.9 Å². The minimum Gasteiger partial charge on any atom is -0.473 e. The number of pyridine rings is 1. The van der Waals surface area contributed by atoms with Crippen molar-refractivity contribution in [3.05, 3.63) is 58.2 Å². The molecule has 3 heteroatoms. The first-order chi connectivity index (χ1) is 8.95. The highest BCUT2D eigenvalue weighted by molar-refractivity contribution is 9.10. The molecule has 0 unspecified atom stereocenters. The summed E-state index contributed by atoms with van der Waals surface area (Å²) in [5.74, 6) is 0.656. The minimum absolute atomic E-state index is 0.00857. The van der Waals surface area contributed by atoms with E-state index in [1.165, 1.54) is 0 Å². The third-order valence-electron chi connectivity index (χ3n) is 2.76. The molecular weight excluding hydrogens is 302 g/mol. The van der Waals surface area contributed by atoms with E-state index in [0.717, 1.165) is 15.7 Å². The van der Waals surface area contributed by atoms with Gasteiger partial charge in [0.05, 0.1) is 5.69 Å². The zero-order valence-electron chi connectivity index (χ0n) is 11.5. The molecule has 0 spiro atoms. The summed E-state index contributed by atoms with van der Waals surface area (Å²) in [6.45, 7) is 6.96. The van der Waals surface area contributed by atoms with Crippen LogP contribution in [0.2, 0.25) is 0 Å². The van der Waals surface area contributed by atoms with Gasteiger partial charge in [-0.15, -0.1) is 0 Å². The summed E-state index contributed by atoms with van der Waals surface area (Å²) in [4.78, 5) is 4.57. The molecule has 0 radical (unpaired) electrons. The van der Waals surface area contributed by atoms with E-state index in [1.807, 2.05) is 42.5 Å². The third kappa shape index (κ3) is 4.06. The van der Waals surface area contributed by atoms with Crippen molar-refractivity contribution in [2.24, 2.45) is 0 Å². The lowest BCUT2D eigenvalue weighted by Crippen LogP contribution is -2.14. The molecule has 0 aliphatic heterocycles. The molecule has 0 saturated heterocycles. The maximum Gasteiger partial charge on any atom is 0.214 e. The molecule has 0 saturated carbocycles. The monoisotopic (exact) mass is 319 g/mol. The SMILES string of the molecule is CC(C)(C)c1cc(Br)cc(OCc2ccccc2)n1. The lowest BCUT2D eigenvalue weighted by molar-refractivity contribution is 0.291. The van der Waals surface area contributed by atoms with E-state index >= 15 is 0 Å². The summed E-state index contributed by atoms with van der Waals surface area (Å²) in [6, 6.07) is 14.0. The minimum atomic E-state index is 0.00857. The van der Waals surface area contributed by atoms with Gasteiger partial charge >= 0.3 is 0 Å². The average Bonchev–Trinajstić information content (AvgIpc) is 2.36. The van der Waals surface area contributed by atoms with E-state index in [0.29, 0.717) is 12.5 Å². The van der Waals surface area contributed by atoms with E-state index < -0.39 is 0 Å². The number of hydrogen-bond acceptors (Lipinski definition) is 2. The number of hydrogen-bond donors (Lipinski definition) is 0. The van der Waals surface area contributed by atoms with E-state index in [4.69, 9.17) is 4.74 Å². The quantitative estimate of drug-likeness (QED) is 0.816. The third-order valence-corrected chi connectivity index (χ3v) is 3.22. The van der Waals surface area contributed by atoms with Gasteiger partial charge in [-0.1, -0.05) is 67.0 Å². The number of benzene rings is 1. The van der Waals surface area contributed by atoms with Crippen molar-refractivity contribution in [1.82, 2.24) is 4.98 Å². The van der Waals surface area contributed by atoms with Crippen LogP contribution in [0.15, 0.2) is 46.9 Å². The Bertz CT molecular complexity index is 546. The van der Waals surface area contributed by atoms with E-state index in [9.17, 15) is 0 Å². The molecule has 0 amide bonds. The van der Waals surface area contributed by atoms with Crippen LogP contribution in [0, 0.1) is 0 Å². The summed E-state index contributed by atoms with van der Waals surface area (Å²) >= 11 is 3.51. The zero-order valence-corrected chi connectivity index (χ0v) is 13.1. The van der Waals surface area contributed by atoms with Gasteiger partial charge in [-0.3, -0.25) is 0 Å². The van der Waals surface area contributed by atoms with Gasteiger partial charge < -0.3 is 4.74 Å². The largest absolute Gasteiger partial charge is 0.473 e. The highest BCUT2D eigenvalue weighted by Gasteiger charge is 2.17. The summed E-state index contributed by atoms with van der Waals surface area (Å²) in [6.07, 6.45) is 0. The van der Waals surface area contributed by atoms with Gasteiger partial charge in [-0.05, 0) is 11.6 Å². The van der Waals surface area contributed by atoms with Gasteiger partial charge in [0.2, 0.25) is 5.88 Å². The first-order valence-corrected chi connectivity index (χ1v) is 7.09. The van der Waals surface area contributed by atoms with Crippen LogP contribution in [0.25, 0.3) is 0 Å². The second-order valence-corrected chi connectivity index (χ2v) is 6.45. The van der Waals surface area contributed by atoms with E-state index in [2.05, 4.69) is 41.7 Å². The van der Waals surface area contributed by atoms with Gasteiger partial charge in [-0.25, -0.2) is 4.98 Å². The Hall–Kier alpha value is -1.35. The number of aromatic nitrogens is 1.